The van der Waals surface area contributed by atoms with Crippen molar-refractivity contribution in [1.29, 1.82) is 0 Å². The summed E-state index contributed by atoms with van der Waals surface area (Å²) in [7, 11) is 0. The van der Waals surface area contributed by atoms with Crippen molar-refractivity contribution in [3.63, 3.8) is 0 Å². The van der Waals surface area contributed by atoms with Crippen molar-refractivity contribution in [2.75, 3.05) is 0 Å². The van der Waals surface area contributed by atoms with E-state index in [4.69, 9.17) is 0 Å². The summed E-state index contributed by atoms with van der Waals surface area (Å²) in [6, 6.07) is 11.0. The van der Waals surface area contributed by atoms with Crippen LogP contribution in [0.3, 0.4) is 0 Å². The van der Waals surface area contributed by atoms with Crippen molar-refractivity contribution in [2.45, 2.75) is 65.2 Å². The molecule has 0 radical (unpaired) electrons. The second-order valence-corrected chi connectivity index (χ2v) is 8.30. The Hall–Kier alpha value is -1.96. The van der Waals surface area contributed by atoms with E-state index in [2.05, 4.69) is 19.1 Å². The number of hydrogen-bond acceptors (Lipinski definition) is 0. The van der Waals surface area contributed by atoms with Gasteiger partial charge in [0.15, 0.2) is 11.6 Å². The zero-order valence-electron chi connectivity index (χ0n) is 17.2. The second kappa shape index (κ2) is 10.0. The predicted molar refractivity (Wildman–Crippen MR) is 114 cm³/mol. The first-order chi connectivity index (χ1) is 13.6. The smallest absolute Gasteiger partial charge is 0.166 e. The second-order valence-electron chi connectivity index (χ2n) is 8.30. The Morgan fingerprint density at radius 1 is 0.929 bits per heavy atom. The first kappa shape index (κ1) is 20.8. The fourth-order valence-corrected chi connectivity index (χ4v) is 4.34. The van der Waals surface area contributed by atoms with Gasteiger partial charge in [-0.3, -0.25) is 0 Å². The van der Waals surface area contributed by atoms with Gasteiger partial charge in [0, 0.05) is 5.56 Å². The van der Waals surface area contributed by atoms with Crippen LogP contribution in [0.15, 0.2) is 48.6 Å². The molecular weight excluding hydrogens is 350 g/mol. The lowest BCUT2D eigenvalue weighted by Gasteiger charge is -2.26. The number of rotatable bonds is 7. The minimum atomic E-state index is -0.737. The molecule has 1 aliphatic rings. The van der Waals surface area contributed by atoms with Gasteiger partial charge in [-0.05, 0) is 68.4 Å². The van der Waals surface area contributed by atoms with Crippen molar-refractivity contribution in [3.8, 4) is 11.1 Å². The van der Waals surface area contributed by atoms with E-state index >= 15 is 0 Å². The molecule has 0 saturated heterocycles. The zero-order valence-corrected chi connectivity index (χ0v) is 17.2. The molecule has 3 rings (SSSR count). The normalized spacial score (nSPS) is 20.0. The molecule has 2 aromatic carbocycles. The van der Waals surface area contributed by atoms with Gasteiger partial charge < -0.3 is 0 Å². The third-order valence-corrected chi connectivity index (χ3v) is 6.10. The fourth-order valence-electron chi connectivity index (χ4n) is 4.34. The standard InChI is InChI=1S/C26H32F2/c1-3-6-20-11-13-21(14-12-20)7-4-5-8-23-17-18-24(26(28)25(23)27)22-15-9-19(2)10-16-22/h4,7,9-10,15-18,20-21H,3,5-6,8,11-14H2,1-2H3/b7-4+. The topological polar surface area (TPSA) is 0 Å². The Balaban J connectivity index is 1.55. The van der Waals surface area contributed by atoms with Crippen LogP contribution in [0.25, 0.3) is 11.1 Å². The first-order valence-electron chi connectivity index (χ1n) is 10.8. The van der Waals surface area contributed by atoms with Gasteiger partial charge in [0.05, 0.1) is 0 Å². The van der Waals surface area contributed by atoms with Gasteiger partial charge in [-0.1, -0.05) is 73.9 Å². The lowest BCUT2D eigenvalue weighted by molar-refractivity contribution is 0.294. The molecule has 1 aliphatic carbocycles. The van der Waals surface area contributed by atoms with E-state index in [1.807, 2.05) is 31.2 Å². The molecule has 0 N–H and O–H groups in total. The van der Waals surface area contributed by atoms with Gasteiger partial charge in [-0.25, -0.2) is 8.78 Å². The third kappa shape index (κ3) is 5.31. The van der Waals surface area contributed by atoms with Gasteiger partial charge in [0.1, 0.15) is 0 Å². The Morgan fingerprint density at radius 2 is 1.64 bits per heavy atom. The molecular formula is C26H32F2. The molecule has 0 spiro atoms. The third-order valence-electron chi connectivity index (χ3n) is 6.10. The van der Waals surface area contributed by atoms with Gasteiger partial charge >= 0.3 is 0 Å². The van der Waals surface area contributed by atoms with Crippen molar-refractivity contribution < 1.29 is 8.78 Å². The molecule has 0 aromatic heterocycles. The average Bonchev–Trinajstić information content (AvgIpc) is 2.71. The summed E-state index contributed by atoms with van der Waals surface area (Å²) in [5, 5.41) is 0. The van der Waals surface area contributed by atoms with Gasteiger partial charge in [-0.2, -0.15) is 0 Å². The highest BCUT2D eigenvalue weighted by Gasteiger charge is 2.18. The minimum Gasteiger partial charge on any atom is -0.203 e. The number of hydrogen-bond donors (Lipinski definition) is 0. The minimum absolute atomic E-state index is 0.334. The Morgan fingerprint density at radius 3 is 2.32 bits per heavy atom. The molecule has 0 atom stereocenters. The zero-order chi connectivity index (χ0) is 19.9. The van der Waals surface area contributed by atoms with Crippen molar-refractivity contribution in [1.82, 2.24) is 0 Å². The monoisotopic (exact) mass is 382 g/mol. The lowest BCUT2D eigenvalue weighted by atomic mass is 9.80. The van der Waals surface area contributed by atoms with E-state index in [1.165, 1.54) is 38.5 Å². The quantitative estimate of drug-likeness (QED) is 0.425. The summed E-state index contributed by atoms with van der Waals surface area (Å²) in [5.41, 5.74) is 2.62. The van der Waals surface area contributed by atoms with Crippen molar-refractivity contribution in [2.24, 2.45) is 11.8 Å². The summed E-state index contributed by atoms with van der Waals surface area (Å²) in [5.74, 6) is 0.142. The summed E-state index contributed by atoms with van der Waals surface area (Å²) in [4.78, 5) is 0. The molecule has 0 bridgehead atoms. The summed E-state index contributed by atoms with van der Waals surface area (Å²) >= 11 is 0. The van der Waals surface area contributed by atoms with Crippen molar-refractivity contribution >= 4 is 0 Å². The lowest BCUT2D eigenvalue weighted by Crippen LogP contribution is -2.12. The van der Waals surface area contributed by atoms with Gasteiger partial charge in [0.2, 0.25) is 0 Å². The molecule has 0 aliphatic heterocycles. The van der Waals surface area contributed by atoms with Gasteiger partial charge in [0.25, 0.3) is 0 Å². The molecule has 150 valence electrons. The van der Waals surface area contributed by atoms with E-state index < -0.39 is 11.6 Å². The SMILES string of the molecule is CCCC1CCC(/C=C/CCc2ccc(-c3ccc(C)cc3)c(F)c2F)CC1. The summed E-state index contributed by atoms with van der Waals surface area (Å²) < 4.78 is 29.1. The van der Waals surface area contributed by atoms with E-state index in [1.54, 1.807) is 12.1 Å². The van der Waals surface area contributed by atoms with Crippen LogP contribution in [0.4, 0.5) is 8.78 Å². The van der Waals surface area contributed by atoms with Crippen LogP contribution in [-0.4, -0.2) is 0 Å². The molecule has 1 fully saturated rings. The molecule has 0 nitrogen and oxygen atoms in total. The first-order valence-corrected chi connectivity index (χ1v) is 10.8. The highest BCUT2D eigenvalue weighted by Crippen LogP contribution is 2.32. The fraction of sp³-hybridized carbons (Fsp3) is 0.462. The molecule has 0 amide bonds. The maximum Gasteiger partial charge on any atom is 0.166 e. The van der Waals surface area contributed by atoms with Crippen LogP contribution < -0.4 is 0 Å². The van der Waals surface area contributed by atoms with Crippen LogP contribution in [0, 0.1) is 30.4 Å². The van der Waals surface area contributed by atoms with Crippen LogP contribution in [0.5, 0.6) is 0 Å². The van der Waals surface area contributed by atoms with Crippen LogP contribution in [-0.2, 0) is 6.42 Å². The maximum absolute atomic E-state index is 14.6. The Kier molecular flexibility index (Phi) is 7.42. The number of halogens is 2. The Bertz CT molecular complexity index is 781. The number of benzene rings is 2. The van der Waals surface area contributed by atoms with Crippen molar-refractivity contribution in [3.05, 3.63) is 71.3 Å². The number of aryl methyl sites for hydroxylation is 2. The molecule has 28 heavy (non-hydrogen) atoms. The summed E-state index contributed by atoms with van der Waals surface area (Å²) in [6.45, 7) is 4.25. The van der Waals surface area contributed by atoms with E-state index in [0.29, 0.717) is 29.0 Å². The molecule has 2 heteroatoms. The molecule has 2 aromatic rings. The predicted octanol–water partition coefficient (Wildman–Crippen LogP) is 8.04. The highest BCUT2D eigenvalue weighted by molar-refractivity contribution is 5.65. The van der Waals surface area contributed by atoms with Crippen LogP contribution in [0.1, 0.15) is 63.0 Å². The summed E-state index contributed by atoms with van der Waals surface area (Å²) in [6.07, 6.45) is 13.6. The Labute approximate surface area is 168 Å². The van der Waals surface area contributed by atoms with E-state index in [0.717, 1.165) is 17.9 Å². The molecule has 1 saturated carbocycles. The van der Waals surface area contributed by atoms with E-state index in [-0.39, 0.29) is 0 Å². The average molecular weight is 383 g/mol. The molecule has 0 unspecified atom stereocenters. The largest absolute Gasteiger partial charge is 0.203 e. The highest BCUT2D eigenvalue weighted by atomic mass is 19.2. The van der Waals surface area contributed by atoms with Crippen LogP contribution in [0.2, 0.25) is 0 Å². The molecule has 0 heterocycles. The number of allylic oxidation sites excluding steroid dienone is 2. The van der Waals surface area contributed by atoms with Gasteiger partial charge in [-0.15, -0.1) is 0 Å². The van der Waals surface area contributed by atoms with Crippen LogP contribution >= 0.6 is 0 Å². The maximum atomic E-state index is 14.6. The van der Waals surface area contributed by atoms with E-state index in [9.17, 15) is 8.78 Å².